The largest absolute Gasteiger partial charge is 0.490 e. The van der Waals surface area contributed by atoms with E-state index in [4.69, 9.17) is 20.2 Å². The third kappa shape index (κ3) is 2.54. The van der Waals surface area contributed by atoms with Gasteiger partial charge in [0.05, 0.1) is 17.7 Å². The van der Waals surface area contributed by atoms with Crippen LogP contribution in [0.3, 0.4) is 0 Å². The number of aliphatic hydroxyl groups is 1. The Hall–Kier alpha value is -3.04. The van der Waals surface area contributed by atoms with E-state index in [0.717, 1.165) is 35.3 Å². The van der Waals surface area contributed by atoms with Crippen molar-refractivity contribution in [2.75, 3.05) is 6.61 Å². The fourth-order valence-electron chi connectivity index (χ4n) is 4.82. The molecule has 3 aliphatic rings. The number of amidine groups is 1. The second-order valence-corrected chi connectivity index (χ2v) is 7.80. The van der Waals surface area contributed by atoms with Crippen LogP contribution in [0.5, 0.6) is 5.75 Å². The molecule has 0 bridgehead atoms. The van der Waals surface area contributed by atoms with E-state index < -0.39 is 5.54 Å². The van der Waals surface area contributed by atoms with E-state index in [-0.39, 0.29) is 24.1 Å². The summed E-state index contributed by atoms with van der Waals surface area (Å²) in [5, 5.41) is 19.5. The van der Waals surface area contributed by atoms with E-state index in [2.05, 4.69) is 12.1 Å². The highest BCUT2D eigenvalue weighted by Gasteiger charge is 2.55. The maximum absolute atomic E-state index is 10.3. The first-order chi connectivity index (χ1) is 13.6. The number of benzene rings is 2. The molecule has 0 saturated heterocycles. The molecule has 1 saturated carbocycles. The number of nitrogens with zero attached hydrogens (tertiary/aromatic N) is 2. The molecule has 1 aliphatic carbocycles. The summed E-state index contributed by atoms with van der Waals surface area (Å²) in [6, 6.07) is 15.9. The highest BCUT2D eigenvalue weighted by atomic mass is 16.5. The Morgan fingerprint density at radius 3 is 2.82 bits per heavy atom. The van der Waals surface area contributed by atoms with Gasteiger partial charge in [-0.3, -0.25) is 0 Å². The Kier molecular flexibility index (Phi) is 3.81. The smallest absolute Gasteiger partial charge is 0.283 e. The number of rotatable bonds is 1. The Balaban J connectivity index is 1.66. The molecule has 1 spiro atoms. The molecule has 2 heterocycles. The summed E-state index contributed by atoms with van der Waals surface area (Å²) in [5.74, 6) is 0.797. The van der Waals surface area contributed by atoms with E-state index >= 15 is 0 Å². The van der Waals surface area contributed by atoms with Gasteiger partial charge in [-0.05, 0) is 54.7 Å². The predicted octanol–water partition coefficient (Wildman–Crippen LogP) is 2.69. The van der Waals surface area contributed by atoms with E-state index in [9.17, 15) is 10.4 Å². The molecule has 28 heavy (non-hydrogen) atoms. The van der Waals surface area contributed by atoms with Gasteiger partial charge in [0.25, 0.3) is 6.02 Å². The summed E-state index contributed by atoms with van der Waals surface area (Å²) in [6.45, 7) is 0.352. The minimum atomic E-state index is -0.646. The summed E-state index contributed by atoms with van der Waals surface area (Å²) >= 11 is 0. The van der Waals surface area contributed by atoms with Crippen molar-refractivity contribution in [1.82, 2.24) is 0 Å². The van der Waals surface area contributed by atoms with Crippen LogP contribution in [0.1, 0.15) is 30.4 Å². The Morgan fingerprint density at radius 2 is 2.04 bits per heavy atom. The molecule has 4 unspecified atom stereocenters. The molecule has 2 aromatic rings. The molecule has 3 N–H and O–H groups in total. The van der Waals surface area contributed by atoms with Crippen molar-refractivity contribution < 1.29 is 14.6 Å². The lowest BCUT2D eigenvalue weighted by atomic mass is 9.67. The van der Waals surface area contributed by atoms with Crippen molar-refractivity contribution >= 4 is 6.02 Å². The lowest BCUT2D eigenvalue weighted by molar-refractivity contribution is -0.0359. The lowest BCUT2D eigenvalue weighted by Crippen LogP contribution is -2.51. The van der Waals surface area contributed by atoms with Gasteiger partial charge in [0.1, 0.15) is 24.0 Å². The quantitative estimate of drug-likeness (QED) is 0.798. The van der Waals surface area contributed by atoms with Crippen molar-refractivity contribution in [1.29, 1.82) is 5.26 Å². The van der Waals surface area contributed by atoms with Crippen molar-refractivity contribution in [3.05, 3.63) is 53.6 Å². The average molecular weight is 375 g/mol. The summed E-state index contributed by atoms with van der Waals surface area (Å²) in [6.07, 6.45) is 1.75. The first kappa shape index (κ1) is 17.1. The lowest BCUT2D eigenvalue weighted by Gasteiger charge is -2.47. The van der Waals surface area contributed by atoms with Crippen LogP contribution in [0.25, 0.3) is 11.1 Å². The van der Waals surface area contributed by atoms with Crippen LogP contribution in [-0.4, -0.2) is 29.9 Å². The minimum Gasteiger partial charge on any atom is -0.490 e. The molecule has 0 amide bonds. The fourth-order valence-corrected chi connectivity index (χ4v) is 4.82. The third-order valence-electron chi connectivity index (χ3n) is 6.17. The van der Waals surface area contributed by atoms with E-state index in [1.54, 1.807) is 6.07 Å². The number of nitriles is 1. The van der Waals surface area contributed by atoms with Crippen LogP contribution in [0.2, 0.25) is 0 Å². The molecule has 6 nitrogen and oxygen atoms in total. The zero-order valence-corrected chi connectivity index (χ0v) is 15.3. The maximum atomic E-state index is 10.3. The Morgan fingerprint density at radius 1 is 1.18 bits per heavy atom. The first-order valence-corrected chi connectivity index (χ1v) is 9.57. The van der Waals surface area contributed by atoms with Gasteiger partial charge >= 0.3 is 0 Å². The monoisotopic (exact) mass is 375 g/mol. The van der Waals surface area contributed by atoms with Gasteiger partial charge in [0.15, 0.2) is 0 Å². The normalized spacial score (nSPS) is 30.4. The van der Waals surface area contributed by atoms with E-state index in [0.29, 0.717) is 18.6 Å². The van der Waals surface area contributed by atoms with Crippen LogP contribution in [0.4, 0.5) is 0 Å². The van der Waals surface area contributed by atoms with Crippen LogP contribution in [-0.2, 0) is 10.3 Å². The van der Waals surface area contributed by atoms with Crippen LogP contribution in [0, 0.1) is 17.2 Å². The van der Waals surface area contributed by atoms with Gasteiger partial charge in [-0.1, -0.05) is 18.2 Å². The highest BCUT2D eigenvalue weighted by molar-refractivity contribution is 5.75. The summed E-state index contributed by atoms with van der Waals surface area (Å²) in [4.78, 5) is 4.74. The average Bonchev–Trinajstić information content (AvgIpc) is 3.11. The van der Waals surface area contributed by atoms with Crippen molar-refractivity contribution in [2.45, 2.75) is 37.0 Å². The predicted molar refractivity (Wildman–Crippen MR) is 104 cm³/mol. The zero-order valence-electron chi connectivity index (χ0n) is 15.3. The number of ether oxygens (including phenoxy) is 2. The van der Waals surface area contributed by atoms with Gasteiger partial charge in [-0.2, -0.15) is 5.26 Å². The molecule has 2 aromatic carbocycles. The van der Waals surface area contributed by atoms with Gasteiger partial charge in [-0.25, -0.2) is 4.99 Å². The summed E-state index contributed by atoms with van der Waals surface area (Å²) in [7, 11) is 0. The number of aliphatic imine (C=N–C) groups is 1. The number of nitrogens with two attached hydrogens (primary N) is 1. The Bertz CT molecular complexity index is 1010. The van der Waals surface area contributed by atoms with E-state index in [1.165, 1.54) is 0 Å². The first-order valence-electron chi connectivity index (χ1n) is 9.57. The van der Waals surface area contributed by atoms with Crippen molar-refractivity contribution in [3.63, 3.8) is 0 Å². The molecule has 0 aromatic heterocycles. The molecule has 0 radical (unpaired) electrons. The topological polar surface area (TPSA) is 101 Å². The summed E-state index contributed by atoms with van der Waals surface area (Å²) < 4.78 is 11.9. The standard InChI is InChI=1S/C22H21N3O3/c23-11-13-2-1-3-14(8-13)15-4-6-19-17(9-15)22(12-27-21(24)25-22)18-10-16(26)5-7-20(18)28-19/h1-4,6,8-9,16,18,20,26H,5,7,10,12H2,(H2,24,25). The minimum absolute atomic E-state index is 0.00509. The number of hydrogen-bond donors (Lipinski definition) is 2. The molecular formula is C22H21N3O3. The fraction of sp³-hybridized carbons (Fsp3) is 0.364. The second kappa shape index (κ2) is 6.25. The Labute approximate surface area is 163 Å². The molecule has 1 fully saturated rings. The number of fused-ring (bicyclic) bond motifs is 4. The molecule has 4 atom stereocenters. The maximum Gasteiger partial charge on any atom is 0.283 e. The van der Waals surface area contributed by atoms with Gasteiger partial charge in [0.2, 0.25) is 0 Å². The van der Waals surface area contributed by atoms with Gasteiger partial charge in [-0.15, -0.1) is 0 Å². The second-order valence-electron chi connectivity index (χ2n) is 7.80. The van der Waals surface area contributed by atoms with Crippen LogP contribution < -0.4 is 10.5 Å². The molecule has 5 rings (SSSR count). The molecule has 142 valence electrons. The molecular weight excluding hydrogens is 354 g/mol. The van der Waals surface area contributed by atoms with E-state index in [1.807, 2.05) is 30.3 Å². The molecule has 2 aliphatic heterocycles. The SMILES string of the molecule is N#Cc1cccc(-c2ccc3c(c2)C2(COC(N)=N2)C2CC(O)CCC2O3)c1. The van der Waals surface area contributed by atoms with Crippen LogP contribution in [0.15, 0.2) is 47.5 Å². The zero-order chi connectivity index (χ0) is 19.3. The van der Waals surface area contributed by atoms with Crippen molar-refractivity contribution in [3.8, 4) is 22.9 Å². The number of aliphatic hydroxyl groups excluding tert-OH is 1. The van der Waals surface area contributed by atoms with Crippen molar-refractivity contribution in [2.24, 2.45) is 16.6 Å². The van der Waals surface area contributed by atoms with Gasteiger partial charge < -0.3 is 20.3 Å². The van der Waals surface area contributed by atoms with Gasteiger partial charge in [0, 0.05) is 11.5 Å². The van der Waals surface area contributed by atoms with Crippen LogP contribution >= 0.6 is 0 Å². The molecule has 6 heteroatoms. The number of hydrogen-bond acceptors (Lipinski definition) is 6. The highest BCUT2D eigenvalue weighted by Crippen LogP contribution is 2.53. The summed E-state index contributed by atoms with van der Waals surface area (Å²) in [5.41, 5.74) is 8.77. The third-order valence-corrected chi connectivity index (χ3v) is 6.17.